The number of unbranched alkanes of at least 4 members (excludes halogenated alkanes) is 2. The largest absolute Gasteiger partial charge is 0.374 e. The summed E-state index contributed by atoms with van der Waals surface area (Å²) >= 11 is 0. The van der Waals surface area contributed by atoms with Gasteiger partial charge in [-0.05, 0) is 79.6 Å². The van der Waals surface area contributed by atoms with Crippen LogP contribution in [0.15, 0.2) is 34.9 Å². The minimum Gasteiger partial charge on any atom is -0.374 e. The van der Waals surface area contributed by atoms with Gasteiger partial charge in [-0.3, -0.25) is 4.57 Å². The van der Waals surface area contributed by atoms with E-state index >= 15 is 0 Å². The van der Waals surface area contributed by atoms with Crippen molar-refractivity contribution >= 4 is 15.4 Å². The van der Waals surface area contributed by atoms with Crippen LogP contribution in [-0.4, -0.2) is 28.1 Å². The molecule has 0 heterocycles. The van der Waals surface area contributed by atoms with E-state index < -0.39 is 20.8 Å². The van der Waals surface area contributed by atoms with Crippen molar-refractivity contribution in [2.24, 2.45) is 0 Å². The Kier molecular flexibility index (Phi) is 16.0. The quantitative estimate of drug-likeness (QED) is 0.151. The van der Waals surface area contributed by atoms with E-state index in [1.54, 1.807) is 6.92 Å². The zero-order chi connectivity index (χ0) is 22.3. The fourth-order valence-corrected chi connectivity index (χ4v) is 6.35. The lowest BCUT2D eigenvalue weighted by Gasteiger charge is -2.18. The number of rotatable bonds is 16. The summed E-state index contributed by atoms with van der Waals surface area (Å²) in [4.78, 5) is 19.0. The molecule has 0 aromatic carbocycles. The lowest BCUT2D eigenvalue weighted by molar-refractivity contribution is 0.193. The standard InChI is InChI=1S/C22H42O5P2/c1-6-27-18-28(23)22(29(24,25)26)17-9-7-8-13-20(4)15-11-16-21(5)14-10-12-19(2)3/h12-13,16,22,28H,6-11,14-15,17-18H2,1-5H3,(H2,24,25,26). The highest BCUT2D eigenvalue weighted by Gasteiger charge is 2.33. The third-order valence-corrected chi connectivity index (χ3v) is 9.24. The van der Waals surface area contributed by atoms with Gasteiger partial charge in [-0.15, -0.1) is 0 Å². The van der Waals surface area contributed by atoms with Gasteiger partial charge in [0, 0.05) is 6.61 Å². The van der Waals surface area contributed by atoms with Crippen LogP contribution in [0.2, 0.25) is 0 Å². The predicted octanol–water partition coefficient (Wildman–Crippen LogP) is 7.02. The number of allylic oxidation sites excluding steroid dienone is 6. The first kappa shape index (κ1) is 28.6. The average Bonchev–Trinajstić information content (AvgIpc) is 2.61. The summed E-state index contributed by atoms with van der Waals surface area (Å²) in [5, 5.41) is -1.05. The predicted molar refractivity (Wildman–Crippen MR) is 125 cm³/mol. The molecule has 0 aromatic rings. The second-order valence-corrected chi connectivity index (χ2v) is 12.2. The van der Waals surface area contributed by atoms with E-state index in [1.807, 2.05) is 0 Å². The molecule has 0 aliphatic heterocycles. The van der Waals surface area contributed by atoms with Gasteiger partial charge in [0.25, 0.3) is 0 Å². The van der Waals surface area contributed by atoms with Crippen LogP contribution in [0.5, 0.6) is 0 Å². The lowest BCUT2D eigenvalue weighted by atomic mass is 10.1. The smallest absolute Gasteiger partial charge is 0.335 e. The summed E-state index contributed by atoms with van der Waals surface area (Å²) in [6.45, 7) is 10.7. The normalized spacial score (nSPS) is 15.3. The molecule has 2 atom stereocenters. The third-order valence-electron chi connectivity index (χ3n) is 4.77. The van der Waals surface area contributed by atoms with Crippen molar-refractivity contribution in [3.63, 3.8) is 0 Å². The Balaban J connectivity index is 4.22. The highest BCUT2D eigenvalue weighted by atomic mass is 31.2. The van der Waals surface area contributed by atoms with E-state index in [2.05, 4.69) is 45.9 Å². The van der Waals surface area contributed by atoms with E-state index in [4.69, 9.17) is 4.74 Å². The maximum absolute atomic E-state index is 12.1. The maximum atomic E-state index is 12.1. The molecule has 2 N–H and O–H groups in total. The van der Waals surface area contributed by atoms with Crippen molar-refractivity contribution in [1.29, 1.82) is 0 Å². The van der Waals surface area contributed by atoms with Crippen LogP contribution >= 0.6 is 15.4 Å². The Hall–Kier alpha value is -0.440. The Labute approximate surface area is 178 Å². The Bertz CT molecular complexity index is 613. The van der Waals surface area contributed by atoms with Crippen molar-refractivity contribution in [3.05, 3.63) is 34.9 Å². The van der Waals surface area contributed by atoms with E-state index in [9.17, 15) is 18.9 Å². The molecular formula is C22H42O5P2. The van der Waals surface area contributed by atoms with Crippen molar-refractivity contribution < 1.29 is 23.7 Å². The van der Waals surface area contributed by atoms with Crippen LogP contribution in [0.1, 0.15) is 86.0 Å². The second-order valence-electron chi connectivity index (χ2n) is 7.95. The highest BCUT2D eigenvalue weighted by Crippen LogP contribution is 2.55. The maximum Gasteiger partial charge on any atom is 0.335 e. The van der Waals surface area contributed by atoms with Gasteiger partial charge < -0.3 is 19.1 Å². The number of ether oxygens (including phenoxy) is 1. The molecule has 29 heavy (non-hydrogen) atoms. The average molecular weight is 449 g/mol. The van der Waals surface area contributed by atoms with Crippen LogP contribution in [0.4, 0.5) is 0 Å². The van der Waals surface area contributed by atoms with Gasteiger partial charge >= 0.3 is 7.60 Å². The fourth-order valence-electron chi connectivity index (χ4n) is 2.98. The third kappa shape index (κ3) is 16.0. The van der Waals surface area contributed by atoms with Crippen molar-refractivity contribution in [2.45, 2.75) is 91.4 Å². The van der Waals surface area contributed by atoms with Crippen molar-refractivity contribution in [2.75, 3.05) is 13.0 Å². The van der Waals surface area contributed by atoms with Gasteiger partial charge in [0.2, 0.25) is 0 Å². The molecule has 2 unspecified atom stereocenters. The van der Waals surface area contributed by atoms with E-state index in [0.717, 1.165) is 38.5 Å². The first-order valence-corrected chi connectivity index (χ1v) is 14.1. The van der Waals surface area contributed by atoms with Gasteiger partial charge in [-0.1, -0.05) is 41.4 Å². The van der Waals surface area contributed by atoms with Gasteiger partial charge in [-0.25, -0.2) is 0 Å². The summed E-state index contributed by atoms with van der Waals surface area (Å²) in [6.07, 6.45) is 13.7. The van der Waals surface area contributed by atoms with Gasteiger partial charge in [-0.2, -0.15) is 0 Å². The molecule has 0 saturated carbocycles. The number of hydrogen-bond acceptors (Lipinski definition) is 3. The van der Waals surface area contributed by atoms with Gasteiger partial charge in [0.15, 0.2) is 0 Å². The minimum atomic E-state index is -4.35. The molecule has 0 radical (unpaired) electrons. The molecule has 0 fully saturated rings. The van der Waals surface area contributed by atoms with E-state index in [1.165, 1.54) is 16.7 Å². The lowest BCUT2D eigenvalue weighted by Crippen LogP contribution is -2.06. The zero-order valence-corrected chi connectivity index (χ0v) is 20.8. The Morgan fingerprint density at radius 2 is 1.52 bits per heavy atom. The molecule has 170 valence electrons. The molecule has 0 spiro atoms. The Morgan fingerprint density at radius 3 is 2.03 bits per heavy atom. The van der Waals surface area contributed by atoms with Crippen LogP contribution in [-0.2, 0) is 13.9 Å². The summed E-state index contributed by atoms with van der Waals surface area (Å²) in [5.74, 6) is 0. The number of hydrogen-bond donors (Lipinski definition) is 2. The first-order chi connectivity index (χ1) is 13.6. The van der Waals surface area contributed by atoms with Crippen molar-refractivity contribution in [3.8, 4) is 0 Å². The summed E-state index contributed by atoms with van der Waals surface area (Å²) in [7, 11) is -6.79. The van der Waals surface area contributed by atoms with Gasteiger partial charge in [0.05, 0.1) is 6.35 Å². The summed E-state index contributed by atoms with van der Waals surface area (Å²) in [6, 6.07) is 0. The summed E-state index contributed by atoms with van der Waals surface area (Å²) in [5.41, 5.74) is 4.14. The van der Waals surface area contributed by atoms with E-state index in [0.29, 0.717) is 13.0 Å². The van der Waals surface area contributed by atoms with E-state index in [-0.39, 0.29) is 12.8 Å². The molecule has 5 nitrogen and oxygen atoms in total. The van der Waals surface area contributed by atoms with Gasteiger partial charge in [0.1, 0.15) is 13.2 Å². The molecule has 0 rings (SSSR count). The topological polar surface area (TPSA) is 83.8 Å². The fraction of sp³-hybridized carbons (Fsp3) is 0.727. The first-order valence-electron chi connectivity index (χ1n) is 10.7. The van der Waals surface area contributed by atoms with Crippen LogP contribution in [0.3, 0.4) is 0 Å². The molecule has 0 aliphatic carbocycles. The molecule has 0 saturated heterocycles. The molecule has 7 heteroatoms. The molecule has 0 bridgehead atoms. The summed E-state index contributed by atoms with van der Waals surface area (Å²) < 4.78 is 28.9. The van der Waals surface area contributed by atoms with Crippen LogP contribution in [0.25, 0.3) is 0 Å². The second kappa shape index (κ2) is 16.3. The Morgan fingerprint density at radius 1 is 0.966 bits per heavy atom. The van der Waals surface area contributed by atoms with Crippen molar-refractivity contribution in [1.82, 2.24) is 0 Å². The minimum absolute atomic E-state index is 0.0444. The van der Waals surface area contributed by atoms with Crippen LogP contribution in [0, 0.1) is 0 Å². The van der Waals surface area contributed by atoms with Crippen LogP contribution < -0.4 is 0 Å². The molecular weight excluding hydrogens is 406 g/mol. The highest BCUT2D eigenvalue weighted by molar-refractivity contribution is 7.67. The SMILES string of the molecule is CCOC[PH](=O)C(CCCCC=C(C)CCC=C(C)CCC=C(C)C)P(=O)(O)O. The zero-order valence-electron chi connectivity index (χ0n) is 18.9. The molecule has 0 aliphatic rings. The molecule has 0 aromatic heterocycles. The molecule has 0 amide bonds. The monoisotopic (exact) mass is 448 g/mol.